The minimum Gasteiger partial charge on any atom is -0.495 e. The predicted octanol–water partition coefficient (Wildman–Crippen LogP) is 2.64. The van der Waals surface area contributed by atoms with Crippen LogP contribution in [0.3, 0.4) is 0 Å². The maximum Gasteiger partial charge on any atom is 0.183 e. The lowest BCUT2D eigenvalue weighted by molar-refractivity contribution is 0.0994. The monoisotopic (exact) mass is 239 g/mol. The third-order valence-corrected chi connectivity index (χ3v) is 3.61. The Morgan fingerprint density at radius 3 is 3.00 bits per heavy atom. The molecule has 2 aromatic rings. The van der Waals surface area contributed by atoms with Crippen LogP contribution in [0, 0.1) is 0 Å². The quantitative estimate of drug-likeness (QED) is 0.770. The fraction of sp³-hybridized carbons (Fsp3) is 0.200. The van der Waals surface area contributed by atoms with Crippen LogP contribution in [0.4, 0.5) is 0 Å². The summed E-state index contributed by atoms with van der Waals surface area (Å²) in [7, 11) is 1.57. The molecule has 5 heteroatoms. The van der Waals surface area contributed by atoms with E-state index in [0.717, 1.165) is 5.01 Å². The zero-order valence-corrected chi connectivity index (χ0v) is 9.73. The molecule has 2 heterocycles. The summed E-state index contributed by atoms with van der Waals surface area (Å²) in [6.07, 6.45) is 2.06. The van der Waals surface area contributed by atoms with Crippen LogP contribution in [0.25, 0.3) is 0 Å². The van der Waals surface area contributed by atoms with Gasteiger partial charge in [-0.25, -0.2) is 4.98 Å². The van der Waals surface area contributed by atoms with Crippen LogP contribution in [0.5, 0.6) is 5.75 Å². The number of ether oxygens (including phenoxy) is 1. The second kappa shape index (κ2) is 4.55. The van der Waals surface area contributed by atoms with Crippen LogP contribution in [-0.4, -0.2) is 17.9 Å². The fourth-order valence-electron chi connectivity index (χ4n) is 1.22. The van der Waals surface area contributed by atoms with Crippen molar-refractivity contribution < 1.29 is 9.53 Å². The summed E-state index contributed by atoms with van der Waals surface area (Å²) in [5.74, 6) is 0.721. The van der Waals surface area contributed by atoms with Crippen molar-refractivity contribution >= 4 is 28.5 Å². The first-order chi connectivity index (χ1) is 7.31. The number of methoxy groups -OCH3 is 1. The van der Waals surface area contributed by atoms with Crippen LogP contribution >= 0.6 is 22.7 Å². The molecule has 0 radical (unpaired) electrons. The highest BCUT2D eigenvalue weighted by Crippen LogP contribution is 2.26. The van der Waals surface area contributed by atoms with Gasteiger partial charge in [0.05, 0.1) is 13.5 Å². The van der Waals surface area contributed by atoms with E-state index in [0.29, 0.717) is 17.0 Å². The summed E-state index contributed by atoms with van der Waals surface area (Å²) in [5, 5.41) is 4.57. The molecular weight excluding hydrogens is 230 g/mol. The van der Waals surface area contributed by atoms with Gasteiger partial charge < -0.3 is 4.74 Å². The number of carbonyl (C=O) groups is 1. The van der Waals surface area contributed by atoms with Gasteiger partial charge in [0.15, 0.2) is 5.78 Å². The van der Waals surface area contributed by atoms with Gasteiger partial charge in [0.2, 0.25) is 0 Å². The van der Waals surface area contributed by atoms with Crippen LogP contribution in [0.15, 0.2) is 23.0 Å². The van der Waals surface area contributed by atoms with Crippen molar-refractivity contribution in [3.8, 4) is 5.75 Å². The highest BCUT2D eigenvalue weighted by atomic mass is 32.1. The number of rotatable bonds is 4. The normalized spacial score (nSPS) is 10.2. The van der Waals surface area contributed by atoms with Crippen molar-refractivity contribution in [2.24, 2.45) is 0 Å². The van der Waals surface area contributed by atoms with Crippen LogP contribution in [0.2, 0.25) is 0 Å². The average molecular weight is 239 g/mol. The third-order valence-electron chi connectivity index (χ3n) is 1.90. The predicted molar refractivity (Wildman–Crippen MR) is 61.0 cm³/mol. The van der Waals surface area contributed by atoms with Crippen molar-refractivity contribution in [2.75, 3.05) is 7.11 Å². The van der Waals surface area contributed by atoms with Gasteiger partial charge >= 0.3 is 0 Å². The van der Waals surface area contributed by atoms with E-state index in [-0.39, 0.29) is 5.78 Å². The molecule has 0 unspecified atom stereocenters. The SMILES string of the molecule is COc1ccsc1C(=O)Cc1nccs1. The first-order valence-corrected chi connectivity index (χ1v) is 6.10. The molecule has 0 amide bonds. The van der Waals surface area contributed by atoms with E-state index in [9.17, 15) is 4.79 Å². The van der Waals surface area contributed by atoms with Crippen molar-refractivity contribution in [2.45, 2.75) is 6.42 Å². The molecule has 0 aliphatic heterocycles. The number of ketones is 1. The number of hydrogen-bond donors (Lipinski definition) is 0. The Morgan fingerprint density at radius 1 is 1.47 bits per heavy atom. The molecule has 78 valence electrons. The summed E-state index contributed by atoms with van der Waals surface area (Å²) in [4.78, 5) is 16.6. The van der Waals surface area contributed by atoms with E-state index in [1.54, 1.807) is 19.4 Å². The molecule has 0 aliphatic rings. The molecule has 0 aromatic carbocycles. The second-order valence-electron chi connectivity index (χ2n) is 2.84. The van der Waals surface area contributed by atoms with Gasteiger partial charge in [0.25, 0.3) is 0 Å². The molecule has 0 saturated carbocycles. The highest BCUT2D eigenvalue weighted by Gasteiger charge is 2.15. The zero-order chi connectivity index (χ0) is 10.7. The number of nitrogens with zero attached hydrogens (tertiary/aromatic N) is 1. The van der Waals surface area contributed by atoms with E-state index in [4.69, 9.17) is 4.74 Å². The van der Waals surface area contributed by atoms with E-state index in [1.165, 1.54) is 22.7 Å². The molecule has 0 atom stereocenters. The van der Waals surface area contributed by atoms with Crippen molar-refractivity contribution in [1.29, 1.82) is 0 Å². The minimum absolute atomic E-state index is 0.0665. The largest absolute Gasteiger partial charge is 0.495 e. The molecular formula is C10H9NO2S2. The summed E-state index contributed by atoms with van der Waals surface area (Å²) in [6, 6.07) is 1.81. The molecule has 0 aliphatic carbocycles. The fourth-order valence-corrected chi connectivity index (χ4v) is 2.63. The standard InChI is InChI=1S/C10H9NO2S2/c1-13-8-2-4-15-10(8)7(12)6-9-11-3-5-14-9/h2-5H,6H2,1H3. The van der Waals surface area contributed by atoms with Crippen molar-refractivity contribution in [3.05, 3.63) is 32.9 Å². The van der Waals surface area contributed by atoms with Gasteiger partial charge in [-0.3, -0.25) is 4.79 Å². The molecule has 0 spiro atoms. The average Bonchev–Trinajstić information content (AvgIpc) is 2.86. The van der Waals surface area contributed by atoms with Gasteiger partial charge in [0, 0.05) is 11.6 Å². The Bertz CT molecular complexity index is 448. The van der Waals surface area contributed by atoms with E-state index < -0.39 is 0 Å². The van der Waals surface area contributed by atoms with Gasteiger partial charge in [-0.15, -0.1) is 22.7 Å². The number of aromatic nitrogens is 1. The number of carbonyl (C=O) groups excluding carboxylic acids is 1. The Kier molecular flexibility index (Phi) is 3.13. The summed E-state index contributed by atoms with van der Waals surface area (Å²) in [5.41, 5.74) is 0. The topological polar surface area (TPSA) is 39.2 Å². The van der Waals surface area contributed by atoms with Gasteiger partial charge in [0.1, 0.15) is 15.6 Å². The zero-order valence-electron chi connectivity index (χ0n) is 8.10. The lowest BCUT2D eigenvalue weighted by atomic mass is 10.2. The first-order valence-electron chi connectivity index (χ1n) is 4.34. The molecule has 0 N–H and O–H groups in total. The van der Waals surface area contributed by atoms with E-state index in [2.05, 4.69) is 4.98 Å². The maximum absolute atomic E-state index is 11.8. The Morgan fingerprint density at radius 2 is 2.33 bits per heavy atom. The van der Waals surface area contributed by atoms with Gasteiger partial charge in [-0.1, -0.05) is 0 Å². The highest BCUT2D eigenvalue weighted by molar-refractivity contribution is 7.12. The summed E-state index contributed by atoms with van der Waals surface area (Å²) < 4.78 is 5.10. The Hall–Kier alpha value is -1.20. The van der Waals surface area contributed by atoms with Crippen LogP contribution < -0.4 is 4.74 Å². The molecule has 0 bridgehead atoms. The molecule has 3 nitrogen and oxygen atoms in total. The van der Waals surface area contributed by atoms with Crippen molar-refractivity contribution in [3.63, 3.8) is 0 Å². The molecule has 0 fully saturated rings. The lowest BCUT2D eigenvalue weighted by Crippen LogP contribution is -2.02. The molecule has 0 saturated heterocycles. The van der Waals surface area contributed by atoms with Crippen LogP contribution in [-0.2, 0) is 6.42 Å². The number of thiazole rings is 1. The minimum atomic E-state index is 0.0665. The van der Waals surface area contributed by atoms with Gasteiger partial charge in [-0.2, -0.15) is 0 Å². The summed E-state index contributed by atoms with van der Waals surface area (Å²) >= 11 is 2.90. The molecule has 15 heavy (non-hydrogen) atoms. The number of thiophene rings is 1. The maximum atomic E-state index is 11.8. The van der Waals surface area contributed by atoms with Gasteiger partial charge in [-0.05, 0) is 11.4 Å². The lowest BCUT2D eigenvalue weighted by Gasteiger charge is -1.99. The smallest absolute Gasteiger partial charge is 0.183 e. The summed E-state index contributed by atoms with van der Waals surface area (Å²) in [6.45, 7) is 0. The van der Waals surface area contributed by atoms with Crippen molar-refractivity contribution in [1.82, 2.24) is 4.98 Å². The molecule has 2 rings (SSSR count). The van der Waals surface area contributed by atoms with Crippen LogP contribution in [0.1, 0.15) is 14.7 Å². The second-order valence-corrected chi connectivity index (χ2v) is 4.74. The third kappa shape index (κ3) is 2.24. The molecule has 2 aromatic heterocycles. The first kappa shape index (κ1) is 10.3. The Balaban J connectivity index is 2.15. The Labute approximate surface area is 95.4 Å². The number of hydrogen-bond acceptors (Lipinski definition) is 5. The van der Waals surface area contributed by atoms with E-state index >= 15 is 0 Å². The number of Topliss-reactive ketones (excluding diaryl/α,β-unsaturated/α-hetero) is 1. The van der Waals surface area contributed by atoms with E-state index in [1.807, 2.05) is 10.8 Å².